The van der Waals surface area contributed by atoms with Gasteiger partial charge in [0.15, 0.2) is 5.13 Å². The van der Waals surface area contributed by atoms with Crippen LogP contribution in [0.2, 0.25) is 0 Å². The van der Waals surface area contributed by atoms with Crippen LogP contribution in [0.4, 0.5) is 5.13 Å². The van der Waals surface area contributed by atoms with Gasteiger partial charge in [0.25, 0.3) is 0 Å². The predicted octanol–water partition coefficient (Wildman–Crippen LogP) is 2.90. The van der Waals surface area contributed by atoms with Crippen LogP contribution < -0.4 is 5.32 Å². The molecule has 2 aromatic rings. The summed E-state index contributed by atoms with van der Waals surface area (Å²) in [6, 6.07) is 0. The van der Waals surface area contributed by atoms with E-state index in [-0.39, 0.29) is 0 Å². The minimum atomic E-state index is 0.958. The van der Waals surface area contributed by atoms with Gasteiger partial charge < -0.3 is 5.32 Å². The van der Waals surface area contributed by atoms with E-state index < -0.39 is 0 Å². The summed E-state index contributed by atoms with van der Waals surface area (Å²) in [6.07, 6.45) is 4.61. The minimum absolute atomic E-state index is 0.958. The molecule has 18 heavy (non-hydrogen) atoms. The smallest absolute Gasteiger partial charge is 0.182 e. The number of likely N-dealkylation sites (tertiary alicyclic amines) is 1. The van der Waals surface area contributed by atoms with Crippen LogP contribution in [-0.4, -0.2) is 35.0 Å². The van der Waals surface area contributed by atoms with E-state index in [0.717, 1.165) is 17.4 Å². The lowest BCUT2D eigenvalue weighted by atomic mass is 10.4. The molecule has 3 rings (SSSR count). The van der Waals surface area contributed by atoms with Crippen molar-refractivity contribution in [3.8, 4) is 10.6 Å². The van der Waals surface area contributed by atoms with E-state index in [2.05, 4.69) is 25.6 Å². The zero-order valence-corrected chi connectivity index (χ0v) is 12.0. The van der Waals surface area contributed by atoms with Crippen molar-refractivity contribution in [2.45, 2.75) is 19.4 Å². The third kappa shape index (κ3) is 2.55. The van der Waals surface area contributed by atoms with Crippen molar-refractivity contribution in [3.63, 3.8) is 0 Å². The van der Waals surface area contributed by atoms with Crippen LogP contribution in [0.1, 0.15) is 17.8 Å². The number of nitrogens with one attached hydrogen (secondary N) is 1. The van der Waals surface area contributed by atoms with Crippen LogP contribution in [0.3, 0.4) is 0 Å². The quantitative estimate of drug-likeness (QED) is 0.935. The fourth-order valence-electron chi connectivity index (χ4n) is 2.14. The van der Waals surface area contributed by atoms with Gasteiger partial charge >= 0.3 is 0 Å². The number of rotatable bonds is 4. The van der Waals surface area contributed by atoms with Crippen LogP contribution in [0.5, 0.6) is 0 Å². The first kappa shape index (κ1) is 12.1. The van der Waals surface area contributed by atoms with E-state index in [1.807, 2.05) is 13.2 Å². The number of nitrogens with zero attached hydrogens (tertiary/aromatic N) is 3. The molecule has 96 valence electrons. The van der Waals surface area contributed by atoms with Crippen LogP contribution >= 0.6 is 22.7 Å². The van der Waals surface area contributed by atoms with E-state index >= 15 is 0 Å². The van der Waals surface area contributed by atoms with Crippen molar-refractivity contribution in [2.75, 3.05) is 25.5 Å². The summed E-state index contributed by atoms with van der Waals surface area (Å²) in [4.78, 5) is 12.7. The Morgan fingerprint density at radius 3 is 2.94 bits per heavy atom. The van der Waals surface area contributed by atoms with Gasteiger partial charge in [-0.25, -0.2) is 9.97 Å². The van der Waals surface area contributed by atoms with Gasteiger partial charge in [-0.05, 0) is 25.9 Å². The maximum absolute atomic E-state index is 4.51. The molecule has 1 N–H and O–H groups in total. The maximum atomic E-state index is 4.51. The highest BCUT2D eigenvalue weighted by Gasteiger charge is 2.14. The number of hydrogen-bond donors (Lipinski definition) is 1. The maximum Gasteiger partial charge on any atom is 0.182 e. The summed E-state index contributed by atoms with van der Waals surface area (Å²) in [5, 5.41) is 7.31. The Hall–Kier alpha value is -0.980. The van der Waals surface area contributed by atoms with Crippen LogP contribution in [0.25, 0.3) is 10.6 Å². The molecular weight excluding hydrogens is 264 g/mol. The van der Waals surface area contributed by atoms with Gasteiger partial charge in [-0.1, -0.05) is 0 Å². The molecule has 1 aliphatic rings. The number of aromatic nitrogens is 2. The van der Waals surface area contributed by atoms with Crippen molar-refractivity contribution in [2.24, 2.45) is 0 Å². The van der Waals surface area contributed by atoms with Gasteiger partial charge in [0.05, 0.1) is 17.1 Å². The topological polar surface area (TPSA) is 41.1 Å². The summed E-state index contributed by atoms with van der Waals surface area (Å²) in [5.74, 6) is 0. The highest BCUT2D eigenvalue weighted by Crippen LogP contribution is 2.29. The Kier molecular flexibility index (Phi) is 3.58. The Morgan fingerprint density at radius 2 is 2.22 bits per heavy atom. The van der Waals surface area contributed by atoms with Gasteiger partial charge in [0.1, 0.15) is 5.01 Å². The van der Waals surface area contributed by atoms with E-state index in [4.69, 9.17) is 0 Å². The summed E-state index contributed by atoms with van der Waals surface area (Å²) in [6.45, 7) is 3.43. The normalized spacial score (nSPS) is 16.3. The summed E-state index contributed by atoms with van der Waals surface area (Å²) < 4.78 is 0. The van der Waals surface area contributed by atoms with E-state index in [0.29, 0.717) is 0 Å². The molecule has 0 amide bonds. The van der Waals surface area contributed by atoms with Gasteiger partial charge in [0.2, 0.25) is 0 Å². The van der Waals surface area contributed by atoms with E-state index in [1.165, 1.54) is 35.8 Å². The predicted molar refractivity (Wildman–Crippen MR) is 77.3 cm³/mol. The summed E-state index contributed by atoms with van der Waals surface area (Å²) in [7, 11) is 1.90. The Morgan fingerprint density at radius 1 is 1.39 bits per heavy atom. The Labute approximate surface area is 115 Å². The first-order valence-electron chi connectivity index (χ1n) is 6.16. The molecule has 0 saturated carbocycles. The molecule has 6 heteroatoms. The molecule has 0 unspecified atom stereocenters. The van der Waals surface area contributed by atoms with Gasteiger partial charge in [-0.3, -0.25) is 4.90 Å². The molecule has 4 nitrogen and oxygen atoms in total. The van der Waals surface area contributed by atoms with Crippen LogP contribution in [-0.2, 0) is 6.54 Å². The largest absolute Gasteiger partial charge is 0.365 e. The molecule has 1 saturated heterocycles. The molecule has 2 aromatic heterocycles. The van der Waals surface area contributed by atoms with Crippen LogP contribution in [0.15, 0.2) is 11.6 Å². The van der Waals surface area contributed by atoms with Crippen molar-refractivity contribution >= 4 is 27.8 Å². The zero-order chi connectivity index (χ0) is 12.4. The number of anilines is 1. The Balaban J connectivity index is 1.72. The molecule has 1 fully saturated rings. The molecule has 0 bridgehead atoms. The van der Waals surface area contributed by atoms with Gasteiger partial charge in [-0.2, -0.15) is 0 Å². The highest BCUT2D eigenvalue weighted by molar-refractivity contribution is 7.16. The summed E-state index contributed by atoms with van der Waals surface area (Å²) >= 11 is 3.39. The fourth-order valence-corrected chi connectivity index (χ4v) is 3.80. The Bertz CT molecular complexity index is 514. The first-order valence-corrected chi connectivity index (χ1v) is 7.85. The standard InChI is InChI=1S/C12H16N4S2/c1-13-12-15-9(8-17-12)10-6-14-11(18-10)7-16-4-2-3-5-16/h6,8H,2-5,7H2,1H3,(H,13,15). The SMILES string of the molecule is CNc1nc(-c2cnc(CN3CCCC3)s2)cs1. The average molecular weight is 280 g/mol. The van der Waals surface area contributed by atoms with E-state index in [1.54, 1.807) is 22.7 Å². The lowest BCUT2D eigenvalue weighted by Gasteiger charge is -2.11. The lowest BCUT2D eigenvalue weighted by molar-refractivity contribution is 0.331. The molecular formula is C12H16N4S2. The first-order chi connectivity index (χ1) is 8.85. The number of thiazole rings is 2. The van der Waals surface area contributed by atoms with Gasteiger partial charge in [-0.15, -0.1) is 22.7 Å². The molecule has 1 aliphatic heterocycles. The minimum Gasteiger partial charge on any atom is -0.365 e. The molecule has 0 radical (unpaired) electrons. The molecule has 0 spiro atoms. The van der Waals surface area contributed by atoms with Crippen LogP contribution in [0, 0.1) is 0 Å². The van der Waals surface area contributed by atoms with Crippen molar-refractivity contribution < 1.29 is 0 Å². The highest BCUT2D eigenvalue weighted by atomic mass is 32.1. The second-order valence-corrected chi connectivity index (χ2v) is 6.36. The monoisotopic (exact) mass is 280 g/mol. The second kappa shape index (κ2) is 5.34. The second-order valence-electron chi connectivity index (χ2n) is 4.39. The van der Waals surface area contributed by atoms with Gasteiger partial charge in [0, 0.05) is 18.6 Å². The lowest BCUT2D eigenvalue weighted by Crippen LogP contribution is -2.17. The van der Waals surface area contributed by atoms with Crippen molar-refractivity contribution in [1.29, 1.82) is 0 Å². The van der Waals surface area contributed by atoms with Crippen molar-refractivity contribution in [1.82, 2.24) is 14.9 Å². The zero-order valence-electron chi connectivity index (χ0n) is 10.3. The summed E-state index contributed by atoms with van der Waals surface area (Å²) in [5.41, 5.74) is 1.04. The third-order valence-corrected chi connectivity index (χ3v) is 4.95. The van der Waals surface area contributed by atoms with Crippen molar-refractivity contribution in [3.05, 3.63) is 16.6 Å². The van der Waals surface area contributed by atoms with E-state index in [9.17, 15) is 0 Å². The molecule has 0 aliphatic carbocycles. The molecule has 3 heterocycles. The fraction of sp³-hybridized carbons (Fsp3) is 0.500. The average Bonchev–Trinajstić information content (AvgIpc) is 3.09. The number of hydrogen-bond acceptors (Lipinski definition) is 6. The molecule has 0 aromatic carbocycles. The third-order valence-electron chi connectivity index (χ3n) is 3.08. The molecule has 0 atom stereocenters.